The Morgan fingerprint density at radius 2 is 1.85 bits per heavy atom. The highest BCUT2D eigenvalue weighted by Gasteiger charge is 2.31. The van der Waals surface area contributed by atoms with E-state index in [0.717, 1.165) is 29.9 Å². The Labute approximate surface area is 147 Å². The number of benzene rings is 1. The molecule has 0 fully saturated rings. The van der Waals surface area contributed by atoms with E-state index < -0.39 is 23.8 Å². The van der Waals surface area contributed by atoms with Crippen molar-refractivity contribution in [3.8, 4) is 17.3 Å². The van der Waals surface area contributed by atoms with Gasteiger partial charge in [0.05, 0.1) is 6.20 Å². The van der Waals surface area contributed by atoms with Gasteiger partial charge in [0.2, 0.25) is 5.13 Å². The number of halogens is 4. The molecule has 0 saturated heterocycles. The Bertz CT molecular complexity index is 911. The molecule has 0 atom stereocenters. The molecule has 0 aliphatic rings. The summed E-state index contributed by atoms with van der Waals surface area (Å²) in [6.45, 7) is 0. The van der Waals surface area contributed by atoms with Gasteiger partial charge in [-0.1, -0.05) is 0 Å². The van der Waals surface area contributed by atoms with Crippen LogP contribution in [0.5, 0.6) is 5.75 Å². The average Bonchev–Trinajstić information content (AvgIpc) is 3.03. The summed E-state index contributed by atoms with van der Waals surface area (Å²) in [5.41, 5.74) is 0.438. The fourth-order valence-corrected chi connectivity index (χ4v) is 2.44. The molecule has 0 unspecified atom stereocenters. The summed E-state index contributed by atoms with van der Waals surface area (Å²) in [5, 5.41) is 2.63. The molecule has 1 N–H and O–H groups in total. The van der Waals surface area contributed by atoms with E-state index >= 15 is 0 Å². The Balaban J connectivity index is 1.67. The van der Waals surface area contributed by atoms with E-state index in [1.807, 2.05) is 0 Å². The summed E-state index contributed by atoms with van der Waals surface area (Å²) < 4.78 is 56.9. The quantitative estimate of drug-likeness (QED) is 0.691. The number of rotatable bonds is 4. The summed E-state index contributed by atoms with van der Waals surface area (Å²) in [4.78, 5) is 20.0. The standard InChI is InChI=1S/C15H8F4N4O2S/c16-9-3-6-11(20-7-9)12-21-14(26-23-12)22-13(24)8-1-4-10(5-2-8)25-15(17,18)19/h1-7H,(H,21,22,23,24). The average molecular weight is 384 g/mol. The molecule has 0 saturated carbocycles. The second kappa shape index (κ2) is 7.04. The van der Waals surface area contributed by atoms with Crippen molar-refractivity contribution >= 4 is 22.6 Å². The van der Waals surface area contributed by atoms with E-state index in [1.54, 1.807) is 0 Å². The van der Waals surface area contributed by atoms with Crippen molar-refractivity contribution in [1.29, 1.82) is 0 Å². The molecule has 2 heterocycles. The van der Waals surface area contributed by atoms with Gasteiger partial charge in [-0.25, -0.2) is 9.37 Å². The zero-order valence-electron chi connectivity index (χ0n) is 12.6. The summed E-state index contributed by atoms with van der Waals surface area (Å²) in [7, 11) is 0. The number of alkyl halides is 3. The van der Waals surface area contributed by atoms with Gasteiger partial charge in [0.15, 0.2) is 5.82 Å². The number of amides is 1. The minimum Gasteiger partial charge on any atom is -0.406 e. The van der Waals surface area contributed by atoms with Crippen LogP contribution < -0.4 is 10.1 Å². The van der Waals surface area contributed by atoms with Gasteiger partial charge in [0.1, 0.15) is 17.3 Å². The van der Waals surface area contributed by atoms with Crippen LogP contribution in [-0.2, 0) is 0 Å². The number of carbonyl (C=O) groups is 1. The number of hydrogen-bond donors (Lipinski definition) is 1. The lowest BCUT2D eigenvalue weighted by molar-refractivity contribution is -0.274. The van der Waals surface area contributed by atoms with E-state index in [1.165, 1.54) is 24.3 Å². The molecular formula is C15H8F4N4O2S. The number of pyridine rings is 1. The molecule has 1 aromatic carbocycles. The lowest BCUT2D eigenvalue weighted by Gasteiger charge is -2.08. The van der Waals surface area contributed by atoms with Crippen LogP contribution in [0, 0.1) is 5.82 Å². The van der Waals surface area contributed by atoms with Gasteiger partial charge < -0.3 is 4.74 Å². The number of anilines is 1. The molecule has 0 radical (unpaired) electrons. The molecule has 26 heavy (non-hydrogen) atoms. The molecule has 3 aromatic rings. The van der Waals surface area contributed by atoms with Crippen molar-refractivity contribution in [3.05, 3.63) is 54.0 Å². The Morgan fingerprint density at radius 3 is 2.46 bits per heavy atom. The molecule has 11 heteroatoms. The number of nitrogens with one attached hydrogen (secondary N) is 1. The molecule has 134 valence electrons. The Morgan fingerprint density at radius 1 is 1.12 bits per heavy atom. The van der Waals surface area contributed by atoms with Gasteiger partial charge in [-0.15, -0.1) is 13.2 Å². The SMILES string of the molecule is O=C(Nc1nc(-c2ccc(F)cn2)ns1)c1ccc(OC(F)(F)F)cc1. The van der Waals surface area contributed by atoms with E-state index in [0.29, 0.717) is 5.69 Å². The number of aromatic nitrogens is 3. The summed E-state index contributed by atoms with van der Waals surface area (Å²) in [5.74, 6) is -1.32. The molecule has 3 rings (SSSR count). The summed E-state index contributed by atoms with van der Waals surface area (Å²) in [6.07, 6.45) is -3.79. The van der Waals surface area contributed by atoms with Crippen molar-refractivity contribution in [1.82, 2.24) is 14.3 Å². The first-order valence-corrected chi connectivity index (χ1v) is 7.70. The molecule has 0 spiro atoms. The van der Waals surface area contributed by atoms with Crippen molar-refractivity contribution in [3.63, 3.8) is 0 Å². The largest absolute Gasteiger partial charge is 0.573 e. The highest BCUT2D eigenvalue weighted by Crippen LogP contribution is 2.24. The van der Waals surface area contributed by atoms with Crippen molar-refractivity contribution < 1.29 is 27.1 Å². The van der Waals surface area contributed by atoms with E-state index in [-0.39, 0.29) is 16.5 Å². The third-order valence-corrected chi connectivity index (χ3v) is 3.58. The van der Waals surface area contributed by atoms with Crippen LogP contribution in [0.15, 0.2) is 42.6 Å². The smallest absolute Gasteiger partial charge is 0.406 e. The van der Waals surface area contributed by atoms with Crippen LogP contribution in [0.25, 0.3) is 11.5 Å². The molecule has 0 bridgehead atoms. The van der Waals surface area contributed by atoms with Gasteiger partial charge in [-0.05, 0) is 36.4 Å². The molecule has 1 amide bonds. The van der Waals surface area contributed by atoms with Crippen LogP contribution in [-0.4, -0.2) is 26.6 Å². The first-order chi connectivity index (χ1) is 12.3. The summed E-state index contributed by atoms with van der Waals surface area (Å²) in [6, 6.07) is 7.00. The molecular weight excluding hydrogens is 376 g/mol. The second-order valence-electron chi connectivity index (χ2n) is 4.81. The minimum atomic E-state index is -4.80. The fourth-order valence-electron chi connectivity index (χ4n) is 1.86. The Kier molecular flexibility index (Phi) is 4.80. The number of nitrogens with zero attached hydrogens (tertiary/aromatic N) is 3. The maximum atomic E-state index is 12.9. The molecule has 6 nitrogen and oxygen atoms in total. The molecule has 0 aliphatic carbocycles. The fraction of sp³-hybridized carbons (Fsp3) is 0.0667. The highest BCUT2D eigenvalue weighted by molar-refractivity contribution is 7.10. The predicted molar refractivity (Wildman–Crippen MR) is 84.2 cm³/mol. The molecule has 2 aromatic heterocycles. The first kappa shape index (κ1) is 17.7. The molecule has 0 aliphatic heterocycles. The van der Waals surface area contributed by atoms with E-state index in [2.05, 4.69) is 24.4 Å². The van der Waals surface area contributed by atoms with Crippen LogP contribution in [0.2, 0.25) is 0 Å². The van der Waals surface area contributed by atoms with Gasteiger partial charge in [0.25, 0.3) is 5.91 Å². The Hall–Kier alpha value is -3.08. The third kappa shape index (κ3) is 4.51. The monoisotopic (exact) mass is 384 g/mol. The van der Waals surface area contributed by atoms with Crippen LogP contribution in [0.4, 0.5) is 22.7 Å². The van der Waals surface area contributed by atoms with Crippen LogP contribution >= 0.6 is 11.5 Å². The lowest BCUT2D eigenvalue weighted by atomic mass is 10.2. The topological polar surface area (TPSA) is 77.0 Å². The highest BCUT2D eigenvalue weighted by atomic mass is 32.1. The maximum absolute atomic E-state index is 12.9. The van der Waals surface area contributed by atoms with Crippen molar-refractivity contribution in [2.75, 3.05) is 5.32 Å². The van der Waals surface area contributed by atoms with Crippen molar-refractivity contribution in [2.45, 2.75) is 6.36 Å². The van der Waals surface area contributed by atoms with Gasteiger partial charge in [0, 0.05) is 17.1 Å². The zero-order valence-corrected chi connectivity index (χ0v) is 13.4. The van der Waals surface area contributed by atoms with Crippen molar-refractivity contribution in [2.24, 2.45) is 0 Å². The van der Waals surface area contributed by atoms with Crippen LogP contribution in [0.1, 0.15) is 10.4 Å². The summed E-state index contributed by atoms with van der Waals surface area (Å²) >= 11 is 0.882. The van der Waals surface area contributed by atoms with E-state index in [4.69, 9.17) is 0 Å². The lowest BCUT2D eigenvalue weighted by Crippen LogP contribution is -2.17. The van der Waals surface area contributed by atoms with Gasteiger partial charge in [-0.3, -0.25) is 10.1 Å². The number of carbonyl (C=O) groups excluding carboxylic acids is 1. The van der Waals surface area contributed by atoms with Gasteiger partial charge >= 0.3 is 6.36 Å². The maximum Gasteiger partial charge on any atom is 0.573 e. The first-order valence-electron chi connectivity index (χ1n) is 6.93. The zero-order chi connectivity index (χ0) is 18.7. The third-order valence-electron chi connectivity index (χ3n) is 2.95. The van der Waals surface area contributed by atoms with Gasteiger partial charge in [-0.2, -0.15) is 9.36 Å². The second-order valence-corrected chi connectivity index (χ2v) is 5.56. The number of ether oxygens (including phenoxy) is 1. The van der Waals surface area contributed by atoms with E-state index in [9.17, 15) is 22.4 Å². The predicted octanol–water partition coefficient (Wildman–Crippen LogP) is 3.89. The normalized spacial score (nSPS) is 11.2. The van der Waals surface area contributed by atoms with Crippen LogP contribution in [0.3, 0.4) is 0 Å². The number of hydrogen-bond acceptors (Lipinski definition) is 6. The minimum absolute atomic E-state index is 0.108.